The number of aromatic nitrogens is 5. The fourth-order valence-electron chi connectivity index (χ4n) is 4.98. The highest BCUT2D eigenvalue weighted by Crippen LogP contribution is 2.43. The van der Waals surface area contributed by atoms with E-state index < -0.39 is 28.7 Å². The Kier molecular flexibility index (Phi) is 5.81. The van der Waals surface area contributed by atoms with Gasteiger partial charge in [0.2, 0.25) is 11.6 Å². The predicted molar refractivity (Wildman–Crippen MR) is 125 cm³/mol. The van der Waals surface area contributed by atoms with E-state index in [2.05, 4.69) is 20.4 Å². The number of aromatic hydroxyl groups is 1. The molecule has 0 radical (unpaired) electrons. The third kappa shape index (κ3) is 4.12. The van der Waals surface area contributed by atoms with Gasteiger partial charge in [-0.25, -0.2) is 19.0 Å². The molecule has 2 N–H and O–H groups in total. The van der Waals surface area contributed by atoms with Crippen LogP contribution >= 0.6 is 0 Å². The molecule has 4 heterocycles. The Morgan fingerprint density at radius 3 is 2.58 bits per heavy atom. The molecule has 1 aliphatic carbocycles. The van der Waals surface area contributed by atoms with Crippen LogP contribution in [0.4, 0.5) is 4.39 Å². The van der Waals surface area contributed by atoms with E-state index in [1.54, 1.807) is 12.1 Å². The average Bonchev–Trinajstić information content (AvgIpc) is 3.19. The van der Waals surface area contributed by atoms with E-state index in [1.165, 1.54) is 46.7 Å². The fourth-order valence-corrected chi connectivity index (χ4v) is 4.98. The molecule has 188 valence electrons. The number of carbonyl (C=O) groups excluding carboxylic acids is 2. The SMILES string of the molecule is CN(C)C(=O)C(=O)NC12CCC(CC1)Cn1c2nc(-c2ncn(Cc3ccc(F)cc3)n2)c(O)c1=O. The molecule has 3 aromatic rings. The molecule has 0 unspecified atom stereocenters. The summed E-state index contributed by atoms with van der Waals surface area (Å²) in [7, 11) is 2.98. The van der Waals surface area contributed by atoms with Crippen molar-refractivity contribution < 1.29 is 19.1 Å². The summed E-state index contributed by atoms with van der Waals surface area (Å²) in [6.07, 6.45) is 3.92. The molecular formula is C24H26FN7O4. The van der Waals surface area contributed by atoms with Crippen LogP contribution in [0, 0.1) is 11.7 Å². The Balaban J connectivity index is 1.55. The molecule has 3 aliphatic rings. The topological polar surface area (TPSA) is 135 Å². The minimum atomic E-state index is -1.03. The molecule has 0 atom stereocenters. The summed E-state index contributed by atoms with van der Waals surface area (Å²) in [5, 5.41) is 18.0. The van der Waals surface area contributed by atoms with E-state index in [-0.39, 0.29) is 29.1 Å². The van der Waals surface area contributed by atoms with Gasteiger partial charge in [0, 0.05) is 20.6 Å². The van der Waals surface area contributed by atoms with Crippen molar-refractivity contribution in [2.45, 2.75) is 44.3 Å². The molecular weight excluding hydrogens is 469 g/mol. The first-order valence-corrected chi connectivity index (χ1v) is 11.7. The Labute approximate surface area is 205 Å². The van der Waals surface area contributed by atoms with E-state index in [0.717, 1.165) is 18.4 Å². The Morgan fingerprint density at radius 2 is 1.92 bits per heavy atom. The van der Waals surface area contributed by atoms with Crippen LogP contribution in [0.5, 0.6) is 5.75 Å². The van der Waals surface area contributed by atoms with Crippen molar-refractivity contribution in [3.8, 4) is 17.3 Å². The van der Waals surface area contributed by atoms with Gasteiger partial charge in [0.1, 0.15) is 18.0 Å². The molecule has 2 aromatic heterocycles. The lowest BCUT2D eigenvalue weighted by molar-refractivity contribution is -0.145. The van der Waals surface area contributed by atoms with Gasteiger partial charge in [-0.15, -0.1) is 5.10 Å². The molecule has 36 heavy (non-hydrogen) atoms. The number of benzene rings is 1. The summed E-state index contributed by atoms with van der Waals surface area (Å²) in [6.45, 7) is 0.660. The second kappa shape index (κ2) is 8.85. The van der Waals surface area contributed by atoms with Crippen molar-refractivity contribution in [1.82, 2.24) is 34.5 Å². The van der Waals surface area contributed by atoms with Crippen molar-refractivity contribution in [1.29, 1.82) is 0 Å². The van der Waals surface area contributed by atoms with Crippen LogP contribution in [-0.4, -0.2) is 60.2 Å². The minimum Gasteiger partial charge on any atom is -0.501 e. The van der Waals surface area contributed by atoms with Crippen LogP contribution in [0.3, 0.4) is 0 Å². The number of fused-ring (bicyclic) bond motifs is 2. The number of halogens is 1. The number of carbonyl (C=O) groups is 2. The second-order valence-corrected chi connectivity index (χ2v) is 9.62. The lowest BCUT2D eigenvalue weighted by Gasteiger charge is -2.37. The summed E-state index contributed by atoms with van der Waals surface area (Å²) in [4.78, 5) is 48.4. The zero-order valence-corrected chi connectivity index (χ0v) is 19.9. The van der Waals surface area contributed by atoms with Gasteiger partial charge >= 0.3 is 11.8 Å². The van der Waals surface area contributed by atoms with Crippen molar-refractivity contribution >= 4 is 11.8 Å². The quantitative estimate of drug-likeness (QED) is 0.516. The van der Waals surface area contributed by atoms with E-state index in [4.69, 9.17) is 0 Å². The first-order valence-electron chi connectivity index (χ1n) is 11.7. The molecule has 6 rings (SSSR count). The maximum Gasteiger partial charge on any atom is 0.311 e. The summed E-state index contributed by atoms with van der Waals surface area (Å²) in [6, 6.07) is 5.94. The third-order valence-corrected chi connectivity index (χ3v) is 6.93. The average molecular weight is 496 g/mol. The smallest absolute Gasteiger partial charge is 0.311 e. The Bertz CT molecular complexity index is 1390. The zero-order valence-electron chi connectivity index (χ0n) is 19.9. The fraction of sp³-hybridized carbons (Fsp3) is 0.417. The first kappa shape index (κ1) is 23.6. The number of nitrogens with zero attached hydrogens (tertiary/aromatic N) is 6. The maximum atomic E-state index is 13.3. The minimum absolute atomic E-state index is 0.0414. The highest BCUT2D eigenvalue weighted by atomic mass is 19.1. The van der Waals surface area contributed by atoms with E-state index >= 15 is 0 Å². The van der Waals surface area contributed by atoms with Crippen LogP contribution in [0.25, 0.3) is 11.5 Å². The highest BCUT2D eigenvalue weighted by Gasteiger charge is 2.46. The van der Waals surface area contributed by atoms with E-state index in [9.17, 15) is 23.9 Å². The summed E-state index contributed by atoms with van der Waals surface area (Å²) in [5.41, 5.74) is -0.983. The van der Waals surface area contributed by atoms with Crippen molar-refractivity contribution in [3.05, 3.63) is 58.2 Å². The van der Waals surface area contributed by atoms with Gasteiger partial charge in [0.25, 0.3) is 5.56 Å². The number of hydrogen-bond donors (Lipinski definition) is 2. The van der Waals surface area contributed by atoms with Gasteiger partial charge in [-0.3, -0.25) is 19.0 Å². The summed E-state index contributed by atoms with van der Waals surface area (Å²) in [5.74, 6) is -1.89. The number of likely N-dealkylation sites (N-methyl/N-ethyl adjacent to an activating group) is 1. The van der Waals surface area contributed by atoms with Gasteiger partial charge in [-0.1, -0.05) is 12.1 Å². The van der Waals surface area contributed by atoms with Crippen LogP contribution in [0.1, 0.15) is 37.1 Å². The lowest BCUT2D eigenvalue weighted by atomic mass is 9.77. The molecule has 2 aliphatic heterocycles. The molecule has 11 nitrogen and oxygen atoms in total. The number of rotatable bonds is 4. The Hall–Kier alpha value is -4.09. The third-order valence-electron chi connectivity index (χ3n) is 6.93. The van der Waals surface area contributed by atoms with Crippen LogP contribution in [-0.2, 0) is 28.2 Å². The molecule has 1 saturated carbocycles. The molecule has 0 saturated heterocycles. The van der Waals surface area contributed by atoms with Gasteiger partial charge < -0.3 is 15.3 Å². The zero-order chi connectivity index (χ0) is 25.6. The van der Waals surface area contributed by atoms with Crippen molar-refractivity contribution in [2.24, 2.45) is 5.92 Å². The van der Waals surface area contributed by atoms with E-state index in [1.807, 2.05) is 0 Å². The van der Waals surface area contributed by atoms with Crippen molar-refractivity contribution in [3.63, 3.8) is 0 Å². The van der Waals surface area contributed by atoms with Gasteiger partial charge in [-0.05, 0) is 49.3 Å². The number of nitrogens with one attached hydrogen (secondary N) is 1. The van der Waals surface area contributed by atoms with Gasteiger partial charge in [-0.2, -0.15) is 0 Å². The Morgan fingerprint density at radius 1 is 1.22 bits per heavy atom. The van der Waals surface area contributed by atoms with Gasteiger partial charge in [0.05, 0.1) is 12.1 Å². The summed E-state index contributed by atoms with van der Waals surface area (Å²) >= 11 is 0. The monoisotopic (exact) mass is 495 g/mol. The van der Waals surface area contributed by atoms with Crippen molar-refractivity contribution in [2.75, 3.05) is 14.1 Å². The van der Waals surface area contributed by atoms with Gasteiger partial charge in [0.15, 0.2) is 5.69 Å². The number of hydrogen-bond acceptors (Lipinski definition) is 7. The molecule has 2 bridgehead atoms. The second-order valence-electron chi connectivity index (χ2n) is 9.62. The normalized spacial score (nSPS) is 20.5. The molecule has 1 aromatic carbocycles. The van der Waals surface area contributed by atoms with Crippen LogP contribution in [0.2, 0.25) is 0 Å². The first-order chi connectivity index (χ1) is 17.2. The molecule has 0 spiro atoms. The maximum absolute atomic E-state index is 13.3. The number of amides is 2. The molecule has 2 amide bonds. The predicted octanol–water partition coefficient (Wildman–Crippen LogP) is 0.998. The molecule has 1 fully saturated rings. The largest absolute Gasteiger partial charge is 0.501 e. The summed E-state index contributed by atoms with van der Waals surface area (Å²) < 4.78 is 16.1. The molecule has 12 heteroatoms. The highest BCUT2D eigenvalue weighted by molar-refractivity contribution is 6.35. The van der Waals surface area contributed by atoms with Crippen LogP contribution in [0.15, 0.2) is 35.4 Å². The van der Waals surface area contributed by atoms with Crippen LogP contribution < -0.4 is 10.9 Å². The van der Waals surface area contributed by atoms with E-state index in [0.29, 0.717) is 25.9 Å². The lowest BCUT2D eigenvalue weighted by Crippen LogP contribution is -2.53. The standard InChI is InChI=1S/C24H26FN7O4/c1-30(2)22(36)20(34)28-24-9-7-15(8-10-24)12-32-21(35)18(33)17(27-23(24)32)19-26-13-31(29-19)11-14-3-5-16(25)6-4-14/h3-6,13,15,33H,7-12H2,1-2H3,(H,28,34).